The van der Waals surface area contributed by atoms with Gasteiger partial charge in [-0.2, -0.15) is 0 Å². The third-order valence-electron chi connectivity index (χ3n) is 2.09. The van der Waals surface area contributed by atoms with Gasteiger partial charge >= 0.3 is 0 Å². The summed E-state index contributed by atoms with van der Waals surface area (Å²) in [5.74, 6) is -1.00. The van der Waals surface area contributed by atoms with Gasteiger partial charge in [-0.1, -0.05) is 5.16 Å². The summed E-state index contributed by atoms with van der Waals surface area (Å²) in [5.41, 5.74) is 5.59. The molecule has 4 N–H and O–H groups in total. The van der Waals surface area contributed by atoms with E-state index in [1.54, 1.807) is 6.92 Å². The molecule has 0 aliphatic rings. The van der Waals surface area contributed by atoms with Crippen LogP contribution in [0.1, 0.15) is 17.3 Å². The zero-order chi connectivity index (χ0) is 13.0. The lowest BCUT2D eigenvalue weighted by molar-refractivity contribution is 0.0948. The molecule has 0 saturated carbocycles. The van der Waals surface area contributed by atoms with Gasteiger partial charge in [-0.25, -0.2) is 4.39 Å². The molecule has 7 heteroatoms. The van der Waals surface area contributed by atoms with Gasteiger partial charge in [-0.15, -0.1) is 0 Å². The van der Waals surface area contributed by atoms with Gasteiger partial charge in [0.15, 0.2) is 5.84 Å². The highest BCUT2D eigenvalue weighted by molar-refractivity contribution is 9.10. The van der Waals surface area contributed by atoms with Crippen LogP contribution in [-0.2, 0) is 0 Å². The fourth-order valence-corrected chi connectivity index (χ4v) is 1.46. The van der Waals surface area contributed by atoms with Crippen molar-refractivity contribution in [3.05, 3.63) is 34.1 Å². The maximum atomic E-state index is 13.0. The Bertz CT molecular complexity index is 465. The fourth-order valence-electron chi connectivity index (χ4n) is 1.08. The highest BCUT2D eigenvalue weighted by atomic mass is 79.9. The van der Waals surface area contributed by atoms with E-state index in [-0.39, 0.29) is 15.9 Å². The van der Waals surface area contributed by atoms with Crippen LogP contribution < -0.4 is 11.1 Å². The van der Waals surface area contributed by atoms with Crippen LogP contribution in [0.15, 0.2) is 27.8 Å². The van der Waals surface area contributed by atoms with Gasteiger partial charge in [-0.3, -0.25) is 4.79 Å². The Morgan fingerprint density at radius 1 is 1.65 bits per heavy atom. The second-order valence-electron chi connectivity index (χ2n) is 3.35. The Hall–Kier alpha value is -1.63. The van der Waals surface area contributed by atoms with Crippen molar-refractivity contribution in [3.63, 3.8) is 0 Å². The summed E-state index contributed by atoms with van der Waals surface area (Å²) in [7, 11) is 0. The van der Waals surface area contributed by atoms with Crippen LogP contribution in [0.4, 0.5) is 4.39 Å². The first-order valence-electron chi connectivity index (χ1n) is 4.69. The number of benzene rings is 1. The van der Waals surface area contributed by atoms with Gasteiger partial charge in [0.25, 0.3) is 5.91 Å². The molecule has 0 fully saturated rings. The fraction of sp³-hybridized carbons (Fsp3) is 0.200. The third kappa shape index (κ3) is 3.42. The monoisotopic (exact) mass is 303 g/mol. The first-order chi connectivity index (χ1) is 7.95. The molecule has 0 aliphatic heterocycles. The molecule has 0 heterocycles. The molecule has 17 heavy (non-hydrogen) atoms. The molecule has 0 spiro atoms. The number of carbonyl (C=O) groups excluding carboxylic acids is 1. The molecule has 0 aromatic heterocycles. The van der Waals surface area contributed by atoms with Gasteiger partial charge in [0.05, 0.1) is 10.5 Å². The van der Waals surface area contributed by atoms with Crippen LogP contribution in [0, 0.1) is 5.82 Å². The number of amidine groups is 1. The van der Waals surface area contributed by atoms with Gasteiger partial charge < -0.3 is 16.3 Å². The summed E-state index contributed by atoms with van der Waals surface area (Å²) < 4.78 is 13.2. The minimum atomic E-state index is -0.615. The van der Waals surface area contributed by atoms with Gasteiger partial charge in [0.2, 0.25) is 0 Å². The quantitative estimate of drug-likeness (QED) is 0.342. The van der Waals surface area contributed by atoms with Crippen LogP contribution in [0.3, 0.4) is 0 Å². The van der Waals surface area contributed by atoms with Crippen molar-refractivity contribution in [2.24, 2.45) is 10.9 Å². The number of halogens is 2. The zero-order valence-corrected chi connectivity index (χ0v) is 10.5. The minimum absolute atomic E-state index is 0.112. The number of nitrogens with zero attached hydrogens (tertiary/aromatic N) is 1. The van der Waals surface area contributed by atoms with Crippen molar-refractivity contribution in [2.75, 3.05) is 0 Å². The van der Waals surface area contributed by atoms with Crippen LogP contribution in [0.25, 0.3) is 0 Å². The maximum Gasteiger partial charge on any atom is 0.251 e. The van der Waals surface area contributed by atoms with E-state index in [1.165, 1.54) is 18.2 Å². The van der Waals surface area contributed by atoms with Gasteiger partial charge in [-0.05, 0) is 41.1 Å². The number of hydrogen-bond donors (Lipinski definition) is 3. The average molecular weight is 304 g/mol. The number of hydrogen-bond acceptors (Lipinski definition) is 3. The molecule has 0 saturated heterocycles. The molecule has 92 valence electrons. The maximum absolute atomic E-state index is 13.0. The number of nitrogens with two attached hydrogens (primary N) is 1. The molecule has 1 unspecified atom stereocenters. The Kier molecular flexibility index (Phi) is 4.45. The summed E-state index contributed by atoms with van der Waals surface area (Å²) in [4.78, 5) is 11.7. The second-order valence-corrected chi connectivity index (χ2v) is 4.20. The average Bonchev–Trinajstić information content (AvgIpc) is 2.31. The number of oxime groups is 1. The van der Waals surface area contributed by atoms with E-state index in [0.717, 1.165) is 0 Å². The van der Waals surface area contributed by atoms with Crippen LogP contribution in [-0.4, -0.2) is 23.0 Å². The standard InChI is InChI=1S/C10H11BrFN3O2/c1-5(9(13)15-17)14-10(16)6-2-3-8(12)7(11)4-6/h2-5,17H,1H3,(H2,13,15)(H,14,16). The Balaban J connectivity index is 2.80. The molecule has 0 aliphatic carbocycles. The Morgan fingerprint density at radius 2 is 2.29 bits per heavy atom. The van der Waals surface area contributed by atoms with E-state index < -0.39 is 17.8 Å². The lowest BCUT2D eigenvalue weighted by Crippen LogP contribution is -2.42. The normalized spacial score (nSPS) is 13.2. The first kappa shape index (κ1) is 13.4. The van der Waals surface area contributed by atoms with E-state index in [0.29, 0.717) is 0 Å². The molecule has 0 radical (unpaired) electrons. The lowest BCUT2D eigenvalue weighted by atomic mass is 10.2. The number of nitrogens with one attached hydrogen (secondary N) is 1. The molecule has 1 aromatic carbocycles. The molecular formula is C10H11BrFN3O2. The van der Waals surface area contributed by atoms with Crippen LogP contribution in [0.5, 0.6) is 0 Å². The van der Waals surface area contributed by atoms with E-state index in [9.17, 15) is 9.18 Å². The topological polar surface area (TPSA) is 87.7 Å². The molecule has 1 amide bonds. The van der Waals surface area contributed by atoms with E-state index in [2.05, 4.69) is 26.4 Å². The minimum Gasteiger partial charge on any atom is -0.409 e. The smallest absolute Gasteiger partial charge is 0.251 e. The van der Waals surface area contributed by atoms with Crippen molar-refractivity contribution in [1.29, 1.82) is 0 Å². The number of amides is 1. The predicted molar refractivity (Wildman–Crippen MR) is 64.4 cm³/mol. The second kappa shape index (κ2) is 5.62. The largest absolute Gasteiger partial charge is 0.409 e. The van der Waals surface area contributed by atoms with Crippen molar-refractivity contribution in [3.8, 4) is 0 Å². The number of carbonyl (C=O) groups is 1. The molecule has 5 nitrogen and oxygen atoms in total. The summed E-state index contributed by atoms with van der Waals surface area (Å²) in [5, 5.41) is 13.7. The van der Waals surface area contributed by atoms with E-state index in [1.807, 2.05) is 0 Å². The third-order valence-corrected chi connectivity index (χ3v) is 2.70. The zero-order valence-electron chi connectivity index (χ0n) is 8.95. The highest BCUT2D eigenvalue weighted by Crippen LogP contribution is 2.16. The predicted octanol–water partition coefficient (Wildman–Crippen LogP) is 1.45. The number of rotatable bonds is 3. The summed E-state index contributed by atoms with van der Waals surface area (Å²) in [6.45, 7) is 1.56. The molecule has 1 aromatic rings. The molecule has 1 atom stereocenters. The molecular weight excluding hydrogens is 293 g/mol. The van der Waals surface area contributed by atoms with Gasteiger partial charge in [0.1, 0.15) is 5.82 Å². The van der Waals surface area contributed by atoms with Crippen LogP contribution >= 0.6 is 15.9 Å². The van der Waals surface area contributed by atoms with Gasteiger partial charge in [0, 0.05) is 5.56 Å². The summed E-state index contributed by atoms with van der Waals surface area (Å²) in [6.07, 6.45) is 0. The van der Waals surface area contributed by atoms with Crippen molar-refractivity contribution >= 4 is 27.7 Å². The summed E-state index contributed by atoms with van der Waals surface area (Å²) in [6, 6.07) is 3.25. The summed E-state index contributed by atoms with van der Waals surface area (Å²) >= 11 is 2.98. The van der Waals surface area contributed by atoms with Crippen molar-refractivity contribution in [2.45, 2.75) is 13.0 Å². The Labute approximate surface area is 106 Å². The van der Waals surface area contributed by atoms with E-state index in [4.69, 9.17) is 10.9 Å². The first-order valence-corrected chi connectivity index (χ1v) is 5.48. The van der Waals surface area contributed by atoms with E-state index >= 15 is 0 Å². The molecule has 1 rings (SSSR count). The lowest BCUT2D eigenvalue weighted by Gasteiger charge is -2.12. The molecule has 0 bridgehead atoms. The Morgan fingerprint density at radius 3 is 2.82 bits per heavy atom. The highest BCUT2D eigenvalue weighted by Gasteiger charge is 2.14. The van der Waals surface area contributed by atoms with Crippen molar-refractivity contribution < 1.29 is 14.4 Å². The van der Waals surface area contributed by atoms with Crippen LogP contribution in [0.2, 0.25) is 0 Å². The van der Waals surface area contributed by atoms with Crippen molar-refractivity contribution in [1.82, 2.24) is 5.32 Å². The SMILES string of the molecule is CC(NC(=O)c1ccc(F)c(Br)c1)/C(N)=N/O.